The highest BCUT2D eigenvalue weighted by atomic mass is 16.5. The standard InChI is InChI=1S/C8H14O3.C4H6O2/c1-3-4-5-11-8(10)7(2)6-9;1-3(2)4(5)6/h9H,2-6H2,1H3;1H2,2H3,(H,5,6). The molecule has 0 aliphatic carbocycles. The third-order valence-electron chi connectivity index (χ3n) is 1.58. The van der Waals surface area contributed by atoms with Gasteiger partial charge < -0.3 is 14.9 Å². The zero-order valence-corrected chi connectivity index (χ0v) is 10.4. The number of carboxylic acid groups (broad SMARTS) is 1. The van der Waals surface area contributed by atoms with Gasteiger partial charge in [0.25, 0.3) is 0 Å². The van der Waals surface area contributed by atoms with Crippen molar-refractivity contribution in [2.24, 2.45) is 0 Å². The number of esters is 1. The number of rotatable bonds is 6. The lowest BCUT2D eigenvalue weighted by Crippen LogP contribution is -2.10. The lowest BCUT2D eigenvalue weighted by Gasteiger charge is -2.02. The third kappa shape index (κ3) is 12.3. The first-order valence-corrected chi connectivity index (χ1v) is 5.21. The quantitative estimate of drug-likeness (QED) is 0.420. The molecule has 0 unspecified atom stereocenters. The Morgan fingerprint density at radius 2 is 1.76 bits per heavy atom. The van der Waals surface area contributed by atoms with Crippen LogP contribution < -0.4 is 0 Å². The zero-order valence-electron chi connectivity index (χ0n) is 10.4. The minimum absolute atomic E-state index is 0.112. The van der Waals surface area contributed by atoms with Crippen LogP contribution in [0.5, 0.6) is 0 Å². The Hall–Kier alpha value is -1.62. The van der Waals surface area contributed by atoms with Crippen molar-refractivity contribution in [2.45, 2.75) is 26.7 Å². The van der Waals surface area contributed by atoms with E-state index in [1.165, 1.54) is 6.92 Å². The number of aliphatic hydroxyl groups excluding tert-OH is 1. The molecule has 0 aromatic heterocycles. The fourth-order valence-electron chi connectivity index (χ4n) is 0.476. The maximum absolute atomic E-state index is 10.8. The molecule has 0 spiro atoms. The SMILES string of the molecule is C=C(C)C(=O)O.C=C(CO)C(=O)OCCCC. The summed E-state index contributed by atoms with van der Waals surface area (Å²) >= 11 is 0. The molecule has 98 valence electrons. The highest BCUT2D eigenvalue weighted by molar-refractivity contribution is 5.87. The Kier molecular flexibility index (Phi) is 11.4. The normalized spacial score (nSPS) is 8.65. The number of carbonyl (C=O) groups excluding carboxylic acids is 1. The molecule has 17 heavy (non-hydrogen) atoms. The van der Waals surface area contributed by atoms with Gasteiger partial charge in [-0.1, -0.05) is 26.5 Å². The van der Waals surface area contributed by atoms with Crippen molar-refractivity contribution in [1.82, 2.24) is 0 Å². The molecule has 5 nitrogen and oxygen atoms in total. The lowest BCUT2D eigenvalue weighted by molar-refractivity contribution is -0.139. The van der Waals surface area contributed by atoms with E-state index in [1.807, 2.05) is 6.92 Å². The number of unbranched alkanes of at least 4 members (excludes halogenated alkanes) is 1. The van der Waals surface area contributed by atoms with Gasteiger partial charge in [0.2, 0.25) is 0 Å². The van der Waals surface area contributed by atoms with Crippen LogP contribution in [0.25, 0.3) is 0 Å². The van der Waals surface area contributed by atoms with Crippen molar-refractivity contribution in [3.63, 3.8) is 0 Å². The van der Waals surface area contributed by atoms with Crippen LogP contribution in [0.15, 0.2) is 24.3 Å². The summed E-state index contributed by atoms with van der Waals surface area (Å²) in [6, 6.07) is 0. The molecule has 0 aliphatic heterocycles. The number of ether oxygens (including phenoxy) is 1. The summed E-state index contributed by atoms with van der Waals surface area (Å²) in [5.74, 6) is -1.43. The van der Waals surface area contributed by atoms with E-state index in [9.17, 15) is 9.59 Å². The van der Waals surface area contributed by atoms with Crippen LogP contribution in [0.4, 0.5) is 0 Å². The molecule has 0 rings (SSSR count). The first-order chi connectivity index (χ1) is 7.86. The van der Waals surface area contributed by atoms with Gasteiger partial charge in [0, 0.05) is 5.57 Å². The molecule has 0 amide bonds. The zero-order chi connectivity index (χ0) is 13.8. The second kappa shape index (κ2) is 10.9. The molecule has 0 bridgehead atoms. The van der Waals surface area contributed by atoms with E-state index in [0.29, 0.717) is 6.61 Å². The minimum Gasteiger partial charge on any atom is -0.478 e. The molecule has 0 aromatic carbocycles. The fraction of sp³-hybridized carbons (Fsp3) is 0.500. The van der Waals surface area contributed by atoms with Crippen LogP contribution >= 0.6 is 0 Å². The second-order valence-electron chi connectivity index (χ2n) is 3.34. The highest BCUT2D eigenvalue weighted by Crippen LogP contribution is 1.95. The van der Waals surface area contributed by atoms with Crippen LogP contribution in [-0.2, 0) is 14.3 Å². The van der Waals surface area contributed by atoms with E-state index < -0.39 is 11.9 Å². The molecule has 0 saturated heterocycles. The summed E-state index contributed by atoms with van der Waals surface area (Å²) in [7, 11) is 0. The van der Waals surface area contributed by atoms with Gasteiger partial charge in [-0.3, -0.25) is 0 Å². The molecule has 0 saturated carbocycles. The maximum atomic E-state index is 10.8. The highest BCUT2D eigenvalue weighted by Gasteiger charge is 2.05. The Bertz CT molecular complexity index is 269. The number of aliphatic carboxylic acids is 1. The number of hydrogen-bond acceptors (Lipinski definition) is 4. The topological polar surface area (TPSA) is 83.8 Å². The summed E-state index contributed by atoms with van der Waals surface area (Å²) in [6.07, 6.45) is 1.84. The summed E-state index contributed by atoms with van der Waals surface area (Å²) in [6.45, 7) is 10.0. The monoisotopic (exact) mass is 244 g/mol. The summed E-state index contributed by atoms with van der Waals surface area (Å²) in [5, 5.41) is 16.4. The van der Waals surface area contributed by atoms with E-state index in [-0.39, 0.29) is 17.8 Å². The fourth-order valence-corrected chi connectivity index (χ4v) is 0.476. The van der Waals surface area contributed by atoms with Gasteiger partial charge in [0.05, 0.1) is 18.8 Å². The first-order valence-electron chi connectivity index (χ1n) is 5.21. The molecule has 0 fully saturated rings. The van der Waals surface area contributed by atoms with Crippen molar-refractivity contribution < 1.29 is 24.5 Å². The van der Waals surface area contributed by atoms with Crippen molar-refractivity contribution in [3.05, 3.63) is 24.3 Å². The van der Waals surface area contributed by atoms with E-state index in [0.717, 1.165) is 12.8 Å². The molecule has 0 atom stereocenters. The van der Waals surface area contributed by atoms with Gasteiger partial charge in [-0.05, 0) is 13.3 Å². The van der Waals surface area contributed by atoms with Gasteiger partial charge in [-0.2, -0.15) is 0 Å². The van der Waals surface area contributed by atoms with Gasteiger partial charge in [0.15, 0.2) is 0 Å². The van der Waals surface area contributed by atoms with Crippen molar-refractivity contribution in [3.8, 4) is 0 Å². The van der Waals surface area contributed by atoms with Crippen LogP contribution in [0.3, 0.4) is 0 Å². The largest absolute Gasteiger partial charge is 0.478 e. The Morgan fingerprint density at radius 3 is 2.06 bits per heavy atom. The van der Waals surface area contributed by atoms with Crippen molar-refractivity contribution in [2.75, 3.05) is 13.2 Å². The first kappa shape index (κ1) is 17.8. The Morgan fingerprint density at radius 1 is 1.29 bits per heavy atom. The van der Waals surface area contributed by atoms with Crippen LogP contribution in [0, 0.1) is 0 Å². The van der Waals surface area contributed by atoms with Gasteiger partial charge in [0.1, 0.15) is 0 Å². The Balaban J connectivity index is 0. The predicted molar refractivity (Wildman–Crippen MR) is 64.5 cm³/mol. The Labute approximate surface area is 101 Å². The number of aliphatic hydroxyl groups is 1. The smallest absolute Gasteiger partial charge is 0.335 e. The van der Waals surface area contributed by atoms with E-state index in [4.69, 9.17) is 14.9 Å². The van der Waals surface area contributed by atoms with E-state index >= 15 is 0 Å². The predicted octanol–water partition coefficient (Wildman–Crippen LogP) is 1.53. The number of carbonyl (C=O) groups is 2. The molecule has 0 radical (unpaired) electrons. The number of carboxylic acids is 1. The average molecular weight is 244 g/mol. The van der Waals surface area contributed by atoms with Crippen molar-refractivity contribution >= 4 is 11.9 Å². The summed E-state index contributed by atoms with van der Waals surface area (Å²) in [5.41, 5.74) is 0.288. The molecular weight excluding hydrogens is 224 g/mol. The molecule has 0 aromatic rings. The summed E-state index contributed by atoms with van der Waals surface area (Å²) < 4.78 is 4.74. The molecule has 0 heterocycles. The lowest BCUT2D eigenvalue weighted by atomic mass is 10.3. The van der Waals surface area contributed by atoms with Gasteiger partial charge in [-0.25, -0.2) is 9.59 Å². The van der Waals surface area contributed by atoms with Crippen LogP contribution in [-0.4, -0.2) is 35.4 Å². The molecular formula is C12H20O5. The minimum atomic E-state index is -0.935. The number of hydrogen-bond donors (Lipinski definition) is 2. The average Bonchev–Trinajstić information content (AvgIpc) is 2.28. The summed E-state index contributed by atoms with van der Waals surface area (Å²) in [4.78, 5) is 20.4. The van der Waals surface area contributed by atoms with Crippen molar-refractivity contribution in [1.29, 1.82) is 0 Å². The molecule has 5 heteroatoms. The van der Waals surface area contributed by atoms with Crippen LogP contribution in [0.2, 0.25) is 0 Å². The van der Waals surface area contributed by atoms with Gasteiger partial charge in [-0.15, -0.1) is 0 Å². The maximum Gasteiger partial charge on any atom is 0.335 e. The third-order valence-corrected chi connectivity index (χ3v) is 1.58. The molecule has 0 aliphatic rings. The van der Waals surface area contributed by atoms with E-state index in [2.05, 4.69) is 13.2 Å². The van der Waals surface area contributed by atoms with E-state index in [1.54, 1.807) is 0 Å². The molecule has 2 N–H and O–H groups in total. The van der Waals surface area contributed by atoms with Crippen LogP contribution in [0.1, 0.15) is 26.7 Å². The van der Waals surface area contributed by atoms with Gasteiger partial charge >= 0.3 is 11.9 Å². The second-order valence-corrected chi connectivity index (χ2v) is 3.34.